The van der Waals surface area contributed by atoms with Gasteiger partial charge in [-0.2, -0.15) is 0 Å². The number of anilines is 1. The molecule has 2 N–H and O–H groups in total. The molecule has 0 radical (unpaired) electrons. The molecule has 2 aromatic heterocycles. The van der Waals surface area contributed by atoms with E-state index in [1.165, 1.54) is 0 Å². The first-order valence-corrected chi connectivity index (χ1v) is 5.50. The molecular weight excluding hydrogens is 236 g/mol. The maximum Gasteiger partial charge on any atom is 0.184 e. The van der Waals surface area contributed by atoms with Crippen LogP contribution in [0.1, 0.15) is 0 Å². The predicted octanol–water partition coefficient (Wildman–Crippen LogP) is 2.63. The van der Waals surface area contributed by atoms with Gasteiger partial charge in [-0.25, -0.2) is 9.50 Å². The molecule has 0 aliphatic heterocycles. The van der Waals surface area contributed by atoms with E-state index in [1.54, 1.807) is 10.6 Å². The first kappa shape index (κ1) is 10.1. The Kier molecular flexibility index (Phi) is 2.23. The highest BCUT2D eigenvalue weighted by Gasteiger charge is 2.09. The molecule has 4 nitrogen and oxygen atoms in total. The molecule has 0 fully saturated rings. The summed E-state index contributed by atoms with van der Waals surface area (Å²) in [4.78, 5) is 4.39. The Balaban J connectivity index is 2.26. The van der Waals surface area contributed by atoms with Gasteiger partial charge in [-0.1, -0.05) is 29.8 Å². The van der Waals surface area contributed by atoms with E-state index in [1.807, 2.05) is 36.4 Å². The summed E-state index contributed by atoms with van der Waals surface area (Å²) in [6.45, 7) is 0. The molecule has 0 bridgehead atoms. The molecule has 3 rings (SSSR count). The van der Waals surface area contributed by atoms with E-state index >= 15 is 0 Å². The molecule has 0 amide bonds. The number of rotatable bonds is 1. The summed E-state index contributed by atoms with van der Waals surface area (Å²) in [5.74, 6) is 0.580. The van der Waals surface area contributed by atoms with Crippen molar-refractivity contribution < 1.29 is 0 Å². The number of nitrogens with two attached hydrogens (primary N) is 1. The van der Waals surface area contributed by atoms with Crippen molar-refractivity contribution in [2.75, 3.05) is 5.73 Å². The van der Waals surface area contributed by atoms with Crippen molar-refractivity contribution >= 4 is 22.9 Å². The smallest absolute Gasteiger partial charge is 0.184 e. The number of pyridine rings is 1. The van der Waals surface area contributed by atoms with Crippen molar-refractivity contribution in [2.45, 2.75) is 0 Å². The quantitative estimate of drug-likeness (QED) is 0.529. The topological polar surface area (TPSA) is 56.2 Å². The third kappa shape index (κ3) is 1.62. The highest BCUT2D eigenvalue weighted by atomic mass is 35.5. The monoisotopic (exact) mass is 244 g/mol. The van der Waals surface area contributed by atoms with E-state index in [-0.39, 0.29) is 0 Å². The molecule has 0 atom stereocenters. The molecule has 0 saturated heterocycles. The minimum Gasteiger partial charge on any atom is -0.398 e. The summed E-state index contributed by atoms with van der Waals surface area (Å²) in [7, 11) is 0. The Bertz CT molecular complexity index is 690. The van der Waals surface area contributed by atoms with Crippen molar-refractivity contribution in [1.82, 2.24) is 14.6 Å². The van der Waals surface area contributed by atoms with Crippen molar-refractivity contribution in [1.29, 1.82) is 0 Å². The predicted molar refractivity (Wildman–Crippen MR) is 67.8 cm³/mol. The lowest BCUT2D eigenvalue weighted by Gasteiger charge is -1.98. The number of hydrogen-bond acceptors (Lipinski definition) is 3. The van der Waals surface area contributed by atoms with Gasteiger partial charge in [-0.15, -0.1) is 5.10 Å². The summed E-state index contributed by atoms with van der Waals surface area (Å²) in [5, 5.41) is 4.86. The van der Waals surface area contributed by atoms with Gasteiger partial charge in [-0.05, 0) is 24.3 Å². The minimum absolute atomic E-state index is 0.524. The zero-order valence-electron chi connectivity index (χ0n) is 8.84. The van der Waals surface area contributed by atoms with Gasteiger partial charge < -0.3 is 5.73 Å². The molecule has 5 heteroatoms. The zero-order valence-corrected chi connectivity index (χ0v) is 9.59. The summed E-state index contributed by atoms with van der Waals surface area (Å²) < 4.78 is 1.59. The average molecular weight is 245 g/mol. The maximum atomic E-state index is 6.03. The second-order valence-electron chi connectivity index (χ2n) is 3.64. The number of nitrogens with zero attached hydrogens (tertiary/aromatic N) is 3. The molecule has 3 aromatic rings. The van der Waals surface area contributed by atoms with Crippen molar-refractivity contribution in [3.8, 4) is 11.4 Å². The first-order chi connectivity index (χ1) is 8.25. The van der Waals surface area contributed by atoms with Crippen LogP contribution in [0.3, 0.4) is 0 Å². The second-order valence-corrected chi connectivity index (χ2v) is 4.03. The molecular formula is C12H9ClN4. The zero-order chi connectivity index (χ0) is 11.8. The average Bonchev–Trinajstić information content (AvgIpc) is 2.75. The molecule has 2 heterocycles. The van der Waals surface area contributed by atoms with E-state index < -0.39 is 0 Å². The lowest BCUT2D eigenvalue weighted by molar-refractivity contribution is 0.967. The normalized spacial score (nSPS) is 10.9. The number of fused-ring (bicyclic) bond motifs is 1. The number of para-hydroxylation sites is 1. The van der Waals surface area contributed by atoms with Gasteiger partial charge in [-0.3, -0.25) is 0 Å². The van der Waals surface area contributed by atoms with Crippen LogP contribution in [0.2, 0.25) is 5.15 Å². The minimum atomic E-state index is 0.524. The van der Waals surface area contributed by atoms with Gasteiger partial charge in [0.2, 0.25) is 0 Å². The Hall–Kier alpha value is -2.07. The Labute approximate surface area is 103 Å². The van der Waals surface area contributed by atoms with Gasteiger partial charge in [0, 0.05) is 11.3 Å². The fourth-order valence-corrected chi connectivity index (χ4v) is 1.89. The third-order valence-electron chi connectivity index (χ3n) is 2.52. The summed E-state index contributed by atoms with van der Waals surface area (Å²) in [6.07, 6.45) is 0. The summed E-state index contributed by atoms with van der Waals surface area (Å²) in [6, 6.07) is 12.9. The fourth-order valence-electron chi connectivity index (χ4n) is 1.69. The standard InChI is InChI=1S/C12H9ClN4/c13-10-6-3-7-11-15-12(16-17(10)11)8-4-1-2-5-9(8)14/h1-7H,14H2. The molecule has 0 unspecified atom stereocenters. The number of nitrogen functional groups attached to an aromatic ring is 1. The van der Waals surface area contributed by atoms with Gasteiger partial charge in [0.25, 0.3) is 0 Å². The number of aromatic nitrogens is 3. The van der Waals surface area contributed by atoms with Gasteiger partial charge in [0.05, 0.1) is 0 Å². The van der Waals surface area contributed by atoms with E-state index in [0.29, 0.717) is 22.3 Å². The molecule has 0 aliphatic rings. The highest BCUT2D eigenvalue weighted by Crippen LogP contribution is 2.23. The van der Waals surface area contributed by atoms with Crippen LogP contribution in [0.4, 0.5) is 5.69 Å². The Morgan fingerprint density at radius 3 is 2.65 bits per heavy atom. The summed E-state index contributed by atoms with van der Waals surface area (Å²) >= 11 is 6.03. The first-order valence-electron chi connectivity index (χ1n) is 5.12. The van der Waals surface area contributed by atoms with Crippen LogP contribution in [0.25, 0.3) is 17.0 Å². The largest absolute Gasteiger partial charge is 0.398 e. The fraction of sp³-hybridized carbons (Fsp3) is 0. The van der Waals surface area contributed by atoms with Crippen molar-refractivity contribution in [3.05, 3.63) is 47.6 Å². The Morgan fingerprint density at radius 1 is 1.06 bits per heavy atom. The lowest BCUT2D eigenvalue weighted by Crippen LogP contribution is -1.91. The molecule has 1 aromatic carbocycles. The molecule has 0 aliphatic carbocycles. The van der Waals surface area contributed by atoms with Crippen LogP contribution in [0.15, 0.2) is 42.5 Å². The summed E-state index contributed by atoms with van der Waals surface area (Å²) in [5.41, 5.74) is 8.06. The van der Waals surface area contributed by atoms with E-state index in [0.717, 1.165) is 5.56 Å². The second kappa shape index (κ2) is 3.75. The van der Waals surface area contributed by atoms with E-state index in [4.69, 9.17) is 17.3 Å². The van der Waals surface area contributed by atoms with Crippen LogP contribution in [-0.4, -0.2) is 14.6 Å². The SMILES string of the molecule is Nc1ccccc1-c1nc2cccc(Cl)n2n1. The van der Waals surface area contributed by atoms with Crippen molar-refractivity contribution in [3.63, 3.8) is 0 Å². The van der Waals surface area contributed by atoms with Crippen LogP contribution in [-0.2, 0) is 0 Å². The van der Waals surface area contributed by atoms with Crippen LogP contribution in [0, 0.1) is 0 Å². The molecule has 17 heavy (non-hydrogen) atoms. The van der Waals surface area contributed by atoms with Crippen LogP contribution < -0.4 is 5.73 Å². The number of hydrogen-bond donors (Lipinski definition) is 1. The highest BCUT2D eigenvalue weighted by molar-refractivity contribution is 6.29. The van der Waals surface area contributed by atoms with Crippen LogP contribution >= 0.6 is 11.6 Å². The van der Waals surface area contributed by atoms with E-state index in [2.05, 4.69) is 10.1 Å². The maximum absolute atomic E-state index is 6.03. The van der Waals surface area contributed by atoms with Gasteiger partial charge in [0.15, 0.2) is 11.5 Å². The van der Waals surface area contributed by atoms with E-state index in [9.17, 15) is 0 Å². The molecule has 0 spiro atoms. The molecule has 84 valence electrons. The van der Waals surface area contributed by atoms with Gasteiger partial charge >= 0.3 is 0 Å². The van der Waals surface area contributed by atoms with Crippen LogP contribution in [0.5, 0.6) is 0 Å². The Morgan fingerprint density at radius 2 is 1.88 bits per heavy atom. The number of benzene rings is 1. The molecule has 0 saturated carbocycles. The van der Waals surface area contributed by atoms with Crippen molar-refractivity contribution in [2.24, 2.45) is 0 Å². The number of halogens is 1. The lowest BCUT2D eigenvalue weighted by atomic mass is 10.2. The third-order valence-corrected chi connectivity index (χ3v) is 2.80. The van der Waals surface area contributed by atoms with Gasteiger partial charge in [0.1, 0.15) is 5.15 Å².